The van der Waals surface area contributed by atoms with E-state index in [-0.39, 0.29) is 0 Å². The maximum atomic E-state index is 10.6. The minimum atomic E-state index is -0.881. The molecule has 0 spiro atoms. The van der Waals surface area contributed by atoms with Crippen LogP contribution in [0.15, 0.2) is 57.5 Å². The summed E-state index contributed by atoms with van der Waals surface area (Å²) in [7, 11) is 0. The van der Waals surface area contributed by atoms with Gasteiger partial charge in [0.1, 0.15) is 0 Å². The Kier molecular flexibility index (Phi) is 4.25. The molecule has 2 rings (SSSR count). The normalized spacial score (nSPS) is 14.2. The number of halogens is 2. The number of benzene rings is 2. The molecule has 2 aromatic rings. The van der Waals surface area contributed by atoms with Crippen LogP contribution in [0.25, 0.3) is 0 Å². The first-order valence-electron chi connectivity index (χ1n) is 5.71. The van der Waals surface area contributed by atoms with Crippen molar-refractivity contribution in [2.45, 2.75) is 18.9 Å². The van der Waals surface area contributed by atoms with Crippen LogP contribution in [0.3, 0.4) is 0 Å². The monoisotopic (exact) mass is 368 g/mol. The lowest BCUT2D eigenvalue weighted by Crippen LogP contribution is -2.24. The molecule has 0 aromatic heterocycles. The number of hydrogen-bond acceptors (Lipinski definition) is 1. The van der Waals surface area contributed by atoms with Crippen LogP contribution in [0.4, 0.5) is 0 Å². The molecule has 2 aromatic carbocycles. The quantitative estimate of drug-likeness (QED) is 0.833. The molecule has 1 nitrogen and oxygen atoms in total. The molecule has 18 heavy (non-hydrogen) atoms. The van der Waals surface area contributed by atoms with Crippen molar-refractivity contribution in [3.8, 4) is 0 Å². The van der Waals surface area contributed by atoms with Crippen molar-refractivity contribution in [2.24, 2.45) is 0 Å². The molecule has 1 N–H and O–H groups in total. The van der Waals surface area contributed by atoms with E-state index in [1.54, 1.807) is 0 Å². The molecule has 0 aliphatic rings. The van der Waals surface area contributed by atoms with Crippen LogP contribution in [0.1, 0.15) is 18.1 Å². The second kappa shape index (κ2) is 5.55. The summed E-state index contributed by atoms with van der Waals surface area (Å²) in [5.41, 5.74) is 1.14. The van der Waals surface area contributed by atoms with Crippen LogP contribution >= 0.6 is 31.9 Å². The molecule has 0 fully saturated rings. The van der Waals surface area contributed by atoms with Gasteiger partial charge in [-0.15, -0.1) is 0 Å². The average molecular weight is 370 g/mol. The highest BCUT2D eigenvalue weighted by Crippen LogP contribution is 2.31. The summed E-state index contributed by atoms with van der Waals surface area (Å²) in [6.45, 7) is 1.84. The molecule has 0 saturated heterocycles. The van der Waals surface area contributed by atoms with Gasteiger partial charge in [0.15, 0.2) is 0 Å². The van der Waals surface area contributed by atoms with Gasteiger partial charge in [-0.1, -0.05) is 62.2 Å². The largest absolute Gasteiger partial charge is 0.385 e. The Hall–Kier alpha value is -0.640. The molecular formula is C15H14Br2O. The highest BCUT2D eigenvalue weighted by atomic mass is 79.9. The Morgan fingerprint density at radius 2 is 1.61 bits per heavy atom. The second-order valence-electron chi connectivity index (χ2n) is 4.56. The summed E-state index contributed by atoms with van der Waals surface area (Å²) in [6, 6.07) is 15.8. The zero-order valence-corrected chi connectivity index (χ0v) is 13.2. The van der Waals surface area contributed by atoms with Gasteiger partial charge in [0, 0.05) is 15.4 Å². The molecule has 0 heterocycles. The van der Waals surface area contributed by atoms with Crippen molar-refractivity contribution < 1.29 is 5.11 Å². The first-order valence-corrected chi connectivity index (χ1v) is 7.29. The van der Waals surface area contributed by atoms with Gasteiger partial charge in [-0.3, -0.25) is 0 Å². The van der Waals surface area contributed by atoms with Crippen molar-refractivity contribution in [2.75, 3.05) is 0 Å². The van der Waals surface area contributed by atoms with E-state index in [4.69, 9.17) is 0 Å². The van der Waals surface area contributed by atoms with Crippen molar-refractivity contribution in [3.05, 3.63) is 68.6 Å². The highest BCUT2D eigenvalue weighted by Gasteiger charge is 2.25. The zero-order valence-electron chi connectivity index (χ0n) is 10.0. The van der Waals surface area contributed by atoms with Crippen molar-refractivity contribution in [1.29, 1.82) is 0 Å². The standard InChI is InChI=1S/C15H14Br2O/c1-15(18,13-4-2-3-5-14(13)17)10-11-6-8-12(16)9-7-11/h2-9,18H,10H2,1H3. The van der Waals surface area contributed by atoms with E-state index in [1.807, 2.05) is 55.5 Å². The van der Waals surface area contributed by atoms with Crippen LogP contribution < -0.4 is 0 Å². The van der Waals surface area contributed by atoms with Gasteiger partial charge in [-0.05, 0) is 36.2 Å². The van der Waals surface area contributed by atoms with E-state index >= 15 is 0 Å². The maximum Gasteiger partial charge on any atom is 0.0919 e. The average Bonchev–Trinajstić information content (AvgIpc) is 2.32. The number of aliphatic hydroxyl groups is 1. The number of rotatable bonds is 3. The molecule has 1 unspecified atom stereocenters. The zero-order chi connectivity index (χ0) is 13.2. The Morgan fingerprint density at radius 3 is 2.22 bits per heavy atom. The fourth-order valence-corrected chi connectivity index (χ4v) is 2.97. The first kappa shape index (κ1) is 13.8. The molecule has 3 heteroatoms. The van der Waals surface area contributed by atoms with Crippen molar-refractivity contribution >= 4 is 31.9 Å². The van der Waals surface area contributed by atoms with E-state index in [2.05, 4.69) is 31.9 Å². The summed E-state index contributed by atoms with van der Waals surface area (Å²) < 4.78 is 1.99. The van der Waals surface area contributed by atoms with Gasteiger partial charge < -0.3 is 5.11 Å². The van der Waals surface area contributed by atoms with E-state index in [0.717, 1.165) is 20.1 Å². The first-order chi connectivity index (χ1) is 8.49. The van der Waals surface area contributed by atoms with Gasteiger partial charge in [0.05, 0.1) is 5.60 Å². The van der Waals surface area contributed by atoms with Crippen molar-refractivity contribution in [3.63, 3.8) is 0 Å². The SMILES string of the molecule is CC(O)(Cc1ccc(Br)cc1)c1ccccc1Br. The van der Waals surface area contributed by atoms with E-state index in [0.29, 0.717) is 6.42 Å². The molecule has 0 bridgehead atoms. The predicted molar refractivity (Wildman–Crippen MR) is 81.6 cm³/mol. The molecule has 0 aliphatic carbocycles. The van der Waals surface area contributed by atoms with E-state index in [9.17, 15) is 5.11 Å². The van der Waals surface area contributed by atoms with E-state index < -0.39 is 5.60 Å². The van der Waals surface area contributed by atoms with Gasteiger partial charge in [-0.2, -0.15) is 0 Å². The van der Waals surface area contributed by atoms with Crippen LogP contribution in [-0.2, 0) is 12.0 Å². The molecule has 0 amide bonds. The smallest absolute Gasteiger partial charge is 0.0919 e. The molecule has 1 atom stereocenters. The maximum absolute atomic E-state index is 10.6. The van der Waals surface area contributed by atoms with E-state index in [1.165, 1.54) is 0 Å². The Labute approximate surface area is 124 Å². The lowest BCUT2D eigenvalue weighted by atomic mass is 9.89. The Bertz CT molecular complexity index is 532. The fraction of sp³-hybridized carbons (Fsp3) is 0.200. The Morgan fingerprint density at radius 1 is 1.00 bits per heavy atom. The third kappa shape index (κ3) is 3.22. The molecule has 0 saturated carbocycles. The van der Waals surface area contributed by atoms with Crippen molar-refractivity contribution in [1.82, 2.24) is 0 Å². The summed E-state index contributed by atoms with van der Waals surface area (Å²) in [5.74, 6) is 0. The van der Waals surface area contributed by atoms with Gasteiger partial charge in [0.25, 0.3) is 0 Å². The second-order valence-corrected chi connectivity index (χ2v) is 6.33. The summed E-state index contributed by atoms with van der Waals surface area (Å²) in [5, 5.41) is 10.6. The fourth-order valence-electron chi connectivity index (χ4n) is 1.99. The van der Waals surface area contributed by atoms with Gasteiger partial charge in [-0.25, -0.2) is 0 Å². The molecule has 94 valence electrons. The summed E-state index contributed by atoms with van der Waals surface area (Å²) in [4.78, 5) is 0. The third-order valence-corrected chi connectivity index (χ3v) is 4.14. The van der Waals surface area contributed by atoms with Crippen LogP contribution in [-0.4, -0.2) is 5.11 Å². The minimum Gasteiger partial charge on any atom is -0.385 e. The summed E-state index contributed by atoms with van der Waals surface area (Å²) in [6.07, 6.45) is 0.586. The topological polar surface area (TPSA) is 20.2 Å². The summed E-state index contributed by atoms with van der Waals surface area (Å²) >= 11 is 6.90. The minimum absolute atomic E-state index is 0.586. The molecular weight excluding hydrogens is 356 g/mol. The molecule has 0 aliphatic heterocycles. The lowest BCUT2D eigenvalue weighted by molar-refractivity contribution is 0.0569. The van der Waals surface area contributed by atoms with Crippen LogP contribution in [0.5, 0.6) is 0 Å². The lowest BCUT2D eigenvalue weighted by Gasteiger charge is -2.25. The molecule has 0 radical (unpaired) electrons. The predicted octanol–water partition coefficient (Wildman–Crippen LogP) is 4.66. The highest BCUT2D eigenvalue weighted by molar-refractivity contribution is 9.10. The van der Waals surface area contributed by atoms with Gasteiger partial charge >= 0.3 is 0 Å². The van der Waals surface area contributed by atoms with Crippen LogP contribution in [0, 0.1) is 0 Å². The number of hydrogen-bond donors (Lipinski definition) is 1. The third-order valence-electron chi connectivity index (χ3n) is 2.92. The van der Waals surface area contributed by atoms with Crippen LogP contribution in [0.2, 0.25) is 0 Å². The Balaban J connectivity index is 2.27. The van der Waals surface area contributed by atoms with Gasteiger partial charge in [0.2, 0.25) is 0 Å².